The molecule has 0 aliphatic carbocycles. The molecule has 0 radical (unpaired) electrons. The van der Waals surface area contributed by atoms with Crippen molar-refractivity contribution in [1.29, 1.82) is 0 Å². The molecule has 2 rings (SSSR count). The predicted octanol–water partition coefficient (Wildman–Crippen LogP) is 3.87. The minimum absolute atomic E-state index is 0.0949. The van der Waals surface area contributed by atoms with Gasteiger partial charge < -0.3 is 5.11 Å². The maximum absolute atomic E-state index is 13.9. The lowest BCUT2D eigenvalue weighted by molar-refractivity contribution is 0.0628. The molecule has 1 N–H and O–H groups in total. The molecule has 1 heterocycles. The normalized spacial score (nSPS) is 11.2. The van der Waals surface area contributed by atoms with Gasteiger partial charge in [-0.2, -0.15) is 8.78 Å². The zero-order valence-corrected chi connectivity index (χ0v) is 12.7. The molecule has 0 atom stereocenters. The number of aryl methyl sites for hydroxylation is 1. The second-order valence-corrected chi connectivity index (χ2v) is 5.29. The molecular formula is C12H7BrClF3N2O2. The molecule has 0 saturated heterocycles. The summed E-state index contributed by atoms with van der Waals surface area (Å²) < 4.78 is 39.6. The van der Waals surface area contributed by atoms with E-state index in [-0.39, 0.29) is 31.9 Å². The fourth-order valence-electron chi connectivity index (χ4n) is 1.75. The van der Waals surface area contributed by atoms with Crippen LogP contribution in [0.2, 0.25) is 5.02 Å². The Morgan fingerprint density at radius 1 is 1.43 bits per heavy atom. The van der Waals surface area contributed by atoms with Gasteiger partial charge in [-0.05, 0) is 35.0 Å². The standard InChI is InChI=1S/C12H7BrClF3N2O2/c1-4-18-10(9(14)11(21)19(4)12(16)17)5-2-8(20)6(13)3-7(5)15/h2-3,12,20H,1H3. The van der Waals surface area contributed by atoms with E-state index < -0.39 is 22.9 Å². The number of hydrogen-bond acceptors (Lipinski definition) is 3. The van der Waals surface area contributed by atoms with E-state index in [1.807, 2.05) is 0 Å². The molecule has 0 fully saturated rings. The number of benzene rings is 1. The van der Waals surface area contributed by atoms with Crippen LogP contribution in [0.25, 0.3) is 11.3 Å². The summed E-state index contributed by atoms with van der Waals surface area (Å²) in [5, 5.41) is 8.92. The summed E-state index contributed by atoms with van der Waals surface area (Å²) in [6.45, 7) is -1.94. The first-order chi connectivity index (χ1) is 9.73. The third kappa shape index (κ3) is 2.77. The lowest BCUT2D eigenvalue weighted by Crippen LogP contribution is -2.25. The second-order valence-electron chi connectivity index (χ2n) is 4.06. The first kappa shape index (κ1) is 15.8. The molecule has 112 valence electrons. The average molecular weight is 384 g/mol. The van der Waals surface area contributed by atoms with Gasteiger partial charge in [0.15, 0.2) is 0 Å². The van der Waals surface area contributed by atoms with Crippen LogP contribution in [-0.4, -0.2) is 14.7 Å². The van der Waals surface area contributed by atoms with Crippen LogP contribution in [0.5, 0.6) is 5.75 Å². The van der Waals surface area contributed by atoms with Crippen LogP contribution in [0.3, 0.4) is 0 Å². The first-order valence-corrected chi connectivity index (χ1v) is 6.66. The summed E-state index contributed by atoms with van der Waals surface area (Å²) in [5.41, 5.74) is -1.75. The summed E-state index contributed by atoms with van der Waals surface area (Å²) in [4.78, 5) is 15.5. The van der Waals surface area contributed by atoms with Crippen molar-refractivity contribution in [3.8, 4) is 17.0 Å². The minimum Gasteiger partial charge on any atom is -0.507 e. The van der Waals surface area contributed by atoms with Crippen LogP contribution >= 0.6 is 27.5 Å². The van der Waals surface area contributed by atoms with Gasteiger partial charge in [0.25, 0.3) is 5.56 Å². The summed E-state index contributed by atoms with van der Waals surface area (Å²) >= 11 is 8.65. The van der Waals surface area contributed by atoms with E-state index in [0.29, 0.717) is 0 Å². The fourth-order valence-corrected chi connectivity index (χ4v) is 2.30. The van der Waals surface area contributed by atoms with Crippen molar-refractivity contribution < 1.29 is 18.3 Å². The van der Waals surface area contributed by atoms with Crippen LogP contribution in [0.4, 0.5) is 13.2 Å². The smallest absolute Gasteiger partial charge is 0.322 e. The summed E-state index contributed by atoms with van der Waals surface area (Å²) in [6.07, 6.45) is 0. The number of nitrogens with zero attached hydrogens (tertiary/aromatic N) is 2. The first-order valence-electron chi connectivity index (χ1n) is 5.49. The van der Waals surface area contributed by atoms with Crippen molar-refractivity contribution >= 4 is 27.5 Å². The van der Waals surface area contributed by atoms with Crippen molar-refractivity contribution in [2.24, 2.45) is 0 Å². The Hall–Kier alpha value is -1.54. The Balaban J connectivity index is 2.78. The molecule has 0 aliphatic heterocycles. The molecule has 1 aromatic heterocycles. The molecule has 4 nitrogen and oxygen atoms in total. The Labute approximate surface area is 129 Å². The molecule has 0 unspecified atom stereocenters. The van der Waals surface area contributed by atoms with Gasteiger partial charge in [0.05, 0.1) is 10.2 Å². The molecule has 0 amide bonds. The maximum Gasteiger partial charge on any atom is 0.322 e. The summed E-state index contributed by atoms with van der Waals surface area (Å²) in [5.74, 6) is -1.45. The molecule has 0 bridgehead atoms. The average Bonchev–Trinajstić information content (AvgIpc) is 2.38. The highest BCUT2D eigenvalue weighted by Gasteiger charge is 2.21. The van der Waals surface area contributed by atoms with Crippen molar-refractivity contribution in [2.75, 3.05) is 0 Å². The van der Waals surface area contributed by atoms with Gasteiger partial charge in [0, 0.05) is 5.56 Å². The zero-order chi connectivity index (χ0) is 15.9. The summed E-state index contributed by atoms with van der Waals surface area (Å²) in [6, 6.07) is 1.95. The van der Waals surface area contributed by atoms with Gasteiger partial charge in [-0.15, -0.1) is 0 Å². The highest BCUT2D eigenvalue weighted by Crippen LogP contribution is 2.34. The van der Waals surface area contributed by atoms with Gasteiger partial charge in [0.1, 0.15) is 22.4 Å². The lowest BCUT2D eigenvalue weighted by Gasteiger charge is -2.12. The van der Waals surface area contributed by atoms with E-state index in [0.717, 1.165) is 12.1 Å². The molecule has 2 aromatic rings. The zero-order valence-electron chi connectivity index (χ0n) is 10.4. The minimum atomic E-state index is -3.11. The van der Waals surface area contributed by atoms with E-state index in [1.54, 1.807) is 0 Å². The van der Waals surface area contributed by atoms with Gasteiger partial charge in [-0.25, -0.2) is 13.9 Å². The SMILES string of the molecule is Cc1nc(-c2cc(O)c(Br)cc2F)c(Cl)c(=O)n1C(F)F. The van der Waals surface area contributed by atoms with Crippen LogP contribution in [0.15, 0.2) is 21.4 Å². The number of aromatic hydroxyl groups is 1. The Bertz CT molecular complexity index is 780. The Morgan fingerprint density at radius 2 is 2.05 bits per heavy atom. The molecule has 0 spiro atoms. The highest BCUT2D eigenvalue weighted by molar-refractivity contribution is 9.10. The Kier molecular flexibility index (Phi) is 4.29. The highest BCUT2D eigenvalue weighted by atomic mass is 79.9. The maximum atomic E-state index is 13.9. The molecule has 1 aromatic carbocycles. The van der Waals surface area contributed by atoms with E-state index >= 15 is 0 Å². The van der Waals surface area contributed by atoms with E-state index in [4.69, 9.17) is 11.6 Å². The third-order valence-corrected chi connectivity index (χ3v) is 3.70. The monoisotopic (exact) mass is 382 g/mol. The number of phenols is 1. The quantitative estimate of drug-likeness (QED) is 0.856. The molecule has 21 heavy (non-hydrogen) atoms. The molecule has 0 saturated carbocycles. The van der Waals surface area contributed by atoms with E-state index in [1.165, 1.54) is 6.92 Å². The van der Waals surface area contributed by atoms with Gasteiger partial charge in [-0.3, -0.25) is 4.79 Å². The Morgan fingerprint density at radius 3 is 2.62 bits per heavy atom. The fraction of sp³-hybridized carbons (Fsp3) is 0.167. The van der Waals surface area contributed by atoms with Crippen LogP contribution in [0.1, 0.15) is 12.4 Å². The van der Waals surface area contributed by atoms with Gasteiger partial charge >= 0.3 is 6.55 Å². The van der Waals surface area contributed by atoms with Crippen LogP contribution in [0, 0.1) is 12.7 Å². The summed E-state index contributed by atoms with van der Waals surface area (Å²) in [7, 11) is 0. The largest absolute Gasteiger partial charge is 0.507 e. The predicted molar refractivity (Wildman–Crippen MR) is 74.3 cm³/mol. The molecule has 0 aliphatic rings. The van der Waals surface area contributed by atoms with Gasteiger partial charge in [0.2, 0.25) is 0 Å². The lowest BCUT2D eigenvalue weighted by atomic mass is 10.1. The number of alkyl halides is 2. The number of halogens is 5. The molecule has 9 heteroatoms. The van der Waals surface area contributed by atoms with Crippen molar-refractivity contribution in [3.63, 3.8) is 0 Å². The van der Waals surface area contributed by atoms with Crippen molar-refractivity contribution in [3.05, 3.63) is 43.6 Å². The van der Waals surface area contributed by atoms with Gasteiger partial charge in [-0.1, -0.05) is 11.6 Å². The second kappa shape index (κ2) is 5.69. The molecular weight excluding hydrogens is 376 g/mol. The van der Waals surface area contributed by atoms with E-state index in [2.05, 4.69) is 20.9 Å². The number of rotatable bonds is 2. The number of phenolic OH excluding ortho intramolecular Hbond substituents is 1. The van der Waals surface area contributed by atoms with Crippen molar-refractivity contribution in [2.45, 2.75) is 13.5 Å². The van der Waals surface area contributed by atoms with Crippen molar-refractivity contribution in [1.82, 2.24) is 9.55 Å². The van der Waals surface area contributed by atoms with Crippen LogP contribution < -0.4 is 5.56 Å². The third-order valence-electron chi connectivity index (χ3n) is 2.72. The number of aromatic nitrogens is 2. The van der Waals surface area contributed by atoms with Crippen LogP contribution in [-0.2, 0) is 0 Å². The number of hydrogen-bond donors (Lipinski definition) is 1. The van der Waals surface area contributed by atoms with E-state index in [9.17, 15) is 23.1 Å². The topological polar surface area (TPSA) is 55.1 Å².